The van der Waals surface area contributed by atoms with Crippen LogP contribution in [0.5, 0.6) is 0 Å². The first-order valence-corrected chi connectivity index (χ1v) is 18.9. The lowest BCUT2D eigenvalue weighted by Crippen LogP contribution is -2.55. The average molecular weight is 682 g/mol. The predicted molar refractivity (Wildman–Crippen MR) is 249 cm³/mol. The summed E-state index contributed by atoms with van der Waals surface area (Å²) in [5, 5.41) is 9.87. The molecular formula is C48H35B5O. The Morgan fingerprint density at radius 3 is 1.46 bits per heavy atom. The minimum atomic E-state index is 0.900. The molecule has 10 aromatic rings. The second kappa shape index (κ2) is 12.5. The Bertz CT molecular complexity index is 3090. The molecular weight excluding hydrogens is 647 g/mol. The maximum absolute atomic E-state index is 6.58. The first-order chi connectivity index (χ1) is 26.4. The summed E-state index contributed by atoms with van der Waals surface area (Å²) in [5.74, 6) is 0. The summed E-state index contributed by atoms with van der Waals surface area (Å²) in [5.41, 5.74) is 18.6. The lowest BCUT2D eigenvalue weighted by atomic mass is 9.59. The van der Waals surface area contributed by atoms with E-state index in [1.165, 1.54) is 98.6 Å². The van der Waals surface area contributed by atoms with Gasteiger partial charge >= 0.3 is 0 Å². The summed E-state index contributed by atoms with van der Waals surface area (Å²) < 4.78 is 6.58. The Hall–Kier alpha value is -6.12. The van der Waals surface area contributed by atoms with Crippen molar-refractivity contribution in [3.05, 3.63) is 152 Å². The first kappa shape index (κ1) is 32.5. The molecule has 0 aliphatic heterocycles. The topological polar surface area (TPSA) is 13.1 Å². The van der Waals surface area contributed by atoms with E-state index in [0.717, 1.165) is 27.5 Å². The molecule has 0 bridgehead atoms. The smallest absolute Gasteiger partial charge is 0.139 e. The Morgan fingerprint density at radius 2 is 0.796 bits per heavy atom. The minimum absolute atomic E-state index is 0.900. The van der Waals surface area contributed by atoms with Crippen molar-refractivity contribution in [3.8, 4) is 44.5 Å². The maximum Gasteiger partial charge on any atom is 0.139 e. The quantitative estimate of drug-likeness (QED) is 0.188. The van der Waals surface area contributed by atoms with Gasteiger partial charge in [-0.2, -0.15) is 0 Å². The van der Waals surface area contributed by atoms with Crippen molar-refractivity contribution in [2.24, 2.45) is 0 Å². The minimum Gasteiger partial charge on any atom is -0.456 e. The summed E-state index contributed by atoms with van der Waals surface area (Å²) in [4.78, 5) is 0. The molecule has 9 aromatic carbocycles. The van der Waals surface area contributed by atoms with E-state index in [9.17, 15) is 0 Å². The highest BCUT2D eigenvalue weighted by atomic mass is 16.3. The maximum atomic E-state index is 6.58. The van der Waals surface area contributed by atoms with Gasteiger partial charge in [0.25, 0.3) is 0 Å². The van der Waals surface area contributed by atoms with Gasteiger partial charge in [0.15, 0.2) is 0 Å². The number of rotatable bonds is 4. The molecule has 1 aromatic heterocycles. The molecule has 1 heterocycles. The fourth-order valence-electron chi connectivity index (χ4n) is 8.94. The van der Waals surface area contributed by atoms with Crippen LogP contribution in [0.2, 0.25) is 0 Å². The summed E-state index contributed by atoms with van der Waals surface area (Å²) in [6.07, 6.45) is 0. The van der Waals surface area contributed by atoms with Crippen LogP contribution in [-0.2, 0) is 0 Å². The Labute approximate surface area is 320 Å². The molecule has 54 heavy (non-hydrogen) atoms. The average Bonchev–Trinajstić information content (AvgIpc) is 3.59. The summed E-state index contributed by atoms with van der Waals surface area (Å²) in [6.45, 7) is 0. The van der Waals surface area contributed by atoms with Gasteiger partial charge in [0.1, 0.15) is 50.4 Å². The SMILES string of the molecule is Bc1c(B)c(B)c(-c2c3ccccc3c(-c3ccc4oc5cc(-c6cccc(-c7ccc8ccccc8c7)c6)ccc5c4c3)c3ccccc23)c(B)c1B. The second-order valence-electron chi connectivity index (χ2n) is 15.0. The Morgan fingerprint density at radius 1 is 0.278 bits per heavy atom. The van der Waals surface area contributed by atoms with Gasteiger partial charge in [0.2, 0.25) is 0 Å². The molecule has 0 N–H and O–H groups in total. The molecule has 0 atom stereocenters. The molecule has 0 spiro atoms. The number of benzene rings is 9. The molecule has 0 radical (unpaired) electrons. The van der Waals surface area contributed by atoms with Crippen LogP contribution >= 0.6 is 0 Å². The summed E-state index contributed by atoms with van der Waals surface area (Å²) in [6, 6.07) is 55.4. The third kappa shape index (κ3) is 5.01. The zero-order chi connectivity index (χ0) is 36.7. The molecule has 248 valence electrons. The van der Waals surface area contributed by atoms with E-state index in [0.29, 0.717) is 0 Å². The fraction of sp³-hybridized carbons (Fsp3) is 0. The standard InChI is InChI=1S/C48H35B5O/c49-44-43(45(50)47(52)48(53)46(44)51)42-36-14-5-3-12-34(36)41(35-13-4-6-15-37(35)42)32-19-21-39-38(24-32)33-20-18-31(25-40(33)54-39)29-11-7-10-28(23-29)30-17-16-26-8-1-2-9-27(26)22-30/h1-25H,49-53H2. The lowest BCUT2D eigenvalue weighted by molar-refractivity contribution is 0.669. The molecule has 0 unspecified atom stereocenters. The van der Waals surface area contributed by atoms with Crippen LogP contribution in [0.1, 0.15) is 0 Å². The van der Waals surface area contributed by atoms with E-state index in [4.69, 9.17) is 4.42 Å². The molecule has 0 saturated heterocycles. The third-order valence-electron chi connectivity index (χ3n) is 12.2. The highest BCUT2D eigenvalue weighted by Gasteiger charge is 2.21. The van der Waals surface area contributed by atoms with Crippen molar-refractivity contribution < 1.29 is 4.42 Å². The number of hydrogen-bond acceptors (Lipinski definition) is 1. The van der Waals surface area contributed by atoms with E-state index in [2.05, 4.69) is 191 Å². The van der Waals surface area contributed by atoms with E-state index in [-0.39, 0.29) is 0 Å². The predicted octanol–water partition coefficient (Wildman–Crippen LogP) is 5.01. The fourth-order valence-corrected chi connectivity index (χ4v) is 8.94. The zero-order valence-corrected chi connectivity index (χ0v) is 31.3. The molecule has 1 nitrogen and oxygen atoms in total. The van der Waals surface area contributed by atoms with E-state index in [1.54, 1.807) is 0 Å². The van der Waals surface area contributed by atoms with E-state index in [1.807, 2.05) is 0 Å². The van der Waals surface area contributed by atoms with Crippen LogP contribution in [0.25, 0.3) is 98.8 Å². The van der Waals surface area contributed by atoms with Crippen LogP contribution in [-0.4, -0.2) is 39.2 Å². The molecule has 0 aliphatic carbocycles. The molecule has 0 aliphatic rings. The highest BCUT2D eigenvalue weighted by molar-refractivity contribution is 6.69. The van der Waals surface area contributed by atoms with Crippen LogP contribution < -0.4 is 27.3 Å². The molecule has 0 amide bonds. The van der Waals surface area contributed by atoms with Crippen molar-refractivity contribution in [1.82, 2.24) is 0 Å². The van der Waals surface area contributed by atoms with E-state index >= 15 is 0 Å². The van der Waals surface area contributed by atoms with Gasteiger partial charge in [-0.3, -0.25) is 0 Å². The van der Waals surface area contributed by atoms with Gasteiger partial charge in [-0.05, 0) is 113 Å². The van der Waals surface area contributed by atoms with Crippen molar-refractivity contribution in [3.63, 3.8) is 0 Å². The normalized spacial score (nSPS) is 11.7. The van der Waals surface area contributed by atoms with Gasteiger partial charge < -0.3 is 4.42 Å². The molecule has 10 rings (SSSR count). The van der Waals surface area contributed by atoms with Gasteiger partial charge in [-0.1, -0.05) is 126 Å². The van der Waals surface area contributed by atoms with Crippen molar-refractivity contribution in [2.45, 2.75) is 0 Å². The van der Waals surface area contributed by atoms with Crippen molar-refractivity contribution in [1.29, 1.82) is 0 Å². The van der Waals surface area contributed by atoms with Crippen LogP contribution in [0.3, 0.4) is 0 Å². The summed E-state index contributed by atoms with van der Waals surface area (Å²) in [7, 11) is 11.4. The highest BCUT2D eigenvalue weighted by Crippen LogP contribution is 2.44. The van der Waals surface area contributed by atoms with Crippen LogP contribution in [0.4, 0.5) is 0 Å². The number of hydrogen-bond donors (Lipinski definition) is 0. The van der Waals surface area contributed by atoms with Gasteiger partial charge in [-0.15, -0.1) is 16.4 Å². The molecule has 0 saturated carbocycles. The zero-order valence-electron chi connectivity index (χ0n) is 31.3. The number of furan rings is 1. The monoisotopic (exact) mass is 682 g/mol. The van der Waals surface area contributed by atoms with Gasteiger partial charge in [0, 0.05) is 10.8 Å². The Kier molecular flexibility index (Phi) is 7.53. The molecule has 6 heteroatoms. The Balaban J connectivity index is 1.12. The van der Waals surface area contributed by atoms with Crippen molar-refractivity contribution >= 4 is 121 Å². The van der Waals surface area contributed by atoms with Gasteiger partial charge in [-0.25, -0.2) is 0 Å². The lowest BCUT2D eigenvalue weighted by Gasteiger charge is -2.24. The van der Waals surface area contributed by atoms with Crippen LogP contribution in [0, 0.1) is 0 Å². The van der Waals surface area contributed by atoms with E-state index < -0.39 is 0 Å². The number of fused-ring (bicyclic) bond motifs is 6. The third-order valence-corrected chi connectivity index (χ3v) is 12.2. The van der Waals surface area contributed by atoms with Crippen LogP contribution in [0.15, 0.2) is 156 Å². The largest absolute Gasteiger partial charge is 0.456 e. The van der Waals surface area contributed by atoms with Gasteiger partial charge in [0.05, 0.1) is 0 Å². The summed E-state index contributed by atoms with van der Waals surface area (Å²) >= 11 is 0. The first-order valence-electron chi connectivity index (χ1n) is 18.9. The molecule has 0 fully saturated rings. The second-order valence-corrected chi connectivity index (χ2v) is 15.0. The van der Waals surface area contributed by atoms with Crippen molar-refractivity contribution in [2.75, 3.05) is 0 Å².